The summed E-state index contributed by atoms with van der Waals surface area (Å²) < 4.78 is 0. The maximum atomic E-state index is 11.9. The number of nitrogen functional groups attached to an aromatic ring is 1. The molecule has 1 aromatic rings. The minimum Gasteiger partial charge on any atom is -0.384 e. The number of hydrogen-bond acceptors (Lipinski definition) is 4. The van der Waals surface area contributed by atoms with Crippen LogP contribution in [0.25, 0.3) is 0 Å². The Hall–Kier alpha value is -1.62. The Bertz CT molecular complexity index is 413. The molecule has 0 atom stereocenters. The van der Waals surface area contributed by atoms with Gasteiger partial charge in [0.15, 0.2) is 0 Å². The number of rotatable bonds is 3. The van der Waals surface area contributed by atoms with Crippen LogP contribution < -0.4 is 11.1 Å². The van der Waals surface area contributed by atoms with Crippen molar-refractivity contribution in [2.75, 3.05) is 32.4 Å². The Balaban J connectivity index is 1.81. The quantitative estimate of drug-likeness (QED) is 0.827. The monoisotopic (exact) mass is 248 g/mol. The smallest absolute Gasteiger partial charge is 0.269 e. The Morgan fingerprint density at radius 3 is 2.89 bits per heavy atom. The average molecular weight is 248 g/mol. The fraction of sp³-hybridized carbons (Fsp3) is 0.538. The molecule has 1 aliphatic heterocycles. The average Bonchev–Trinajstić information content (AvgIpc) is 2.38. The van der Waals surface area contributed by atoms with Crippen LogP contribution in [0.5, 0.6) is 0 Å². The van der Waals surface area contributed by atoms with Gasteiger partial charge in [-0.3, -0.25) is 4.79 Å². The lowest BCUT2D eigenvalue weighted by Gasteiger charge is -2.28. The summed E-state index contributed by atoms with van der Waals surface area (Å²) in [5.41, 5.74) is 5.95. The van der Waals surface area contributed by atoms with Gasteiger partial charge in [0, 0.05) is 6.54 Å². The van der Waals surface area contributed by atoms with E-state index in [2.05, 4.69) is 22.2 Å². The molecule has 0 aromatic carbocycles. The zero-order valence-corrected chi connectivity index (χ0v) is 10.7. The van der Waals surface area contributed by atoms with E-state index in [1.54, 1.807) is 18.2 Å². The van der Waals surface area contributed by atoms with E-state index in [9.17, 15) is 4.79 Å². The number of hydrogen-bond donors (Lipinski definition) is 2. The normalized spacial score (nSPS) is 17.6. The molecule has 0 aliphatic carbocycles. The number of nitrogens with zero attached hydrogens (tertiary/aromatic N) is 2. The highest BCUT2D eigenvalue weighted by molar-refractivity contribution is 5.92. The molecule has 5 heteroatoms. The van der Waals surface area contributed by atoms with Crippen LogP contribution >= 0.6 is 0 Å². The number of nitrogens with two attached hydrogens (primary N) is 1. The molecular formula is C13H20N4O. The molecule has 18 heavy (non-hydrogen) atoms. The summed E-state index contributed by atoms with van der Waals surface area (Å²) in [5.74, 6) is 0.814. The lowest BCUT2D eigenvalue weighted by molar-refractivity contribution is 0.0934. The molecular weight excluding hydrogens is 228 g/mol. The first-order valence-corrected chi connectivity index (χ1v) is 6.34. The van der Waals surface area contributed by atoms with E-state index >= 15 is 0 Å². The van der Waals surface area contributed by atoms with Crippen molar-refractivity contribution < 1.29 is 4.79 Å². The van der Waals surface area contributed by atoms with Crippen LogP contribution in [-0.4, -0.2) is 42.5 Å². The number of carbonyl (C=O) groups is 1. The number of carbonyl (C=O) groups excluding carboxylic acids is 1. The van der Waals surface area contributed by atoms with E-state index in [-0.39, 0.29) is 5.91 Å². The van der Waals surface area contributed by atoms with Crippen LogP contribution in [0.3, 0.4) is 0 Å². The molecule has 2 heterocycles. The molecule has 1 aliphatic rings. The second-order valence-electron chi connectivity index (χ2n) is 4.90. The third-order valence-electron chi connectivity index (χ3n) is 3.39. The minimum atomic E-state index is -0.138. The third kappa shape index (κ3) is 3.43. The zero-order chi connectivity index (χ0) is 13.0. The highest BCUT2D eigenvalue weighted by Gasteiger charge is 2.17. The largest absolute Gasteiger partial charge is 0.384 e. The molecule has 5 nitrogen and oxygen atoms in total. The van der Waals surface area contributed by atoms with Gasteiger partial charge in [-0.1, -0.05) is 6.07 Å². The van der Waals surface area contributed by atoms with Crippen molar-refractivity contribution in [3.8, 4) is 0 Å². The van der Waals surface area contributed by atoms with E-state index in [1.807, 2.05) is 0 Å². The van der Waals surface area contributed by atoms with Gasteiger partial charge in [-0.05, 0) is 51.0 Å². The van der Waals surface area contributed by atoms with Gasteiger partial charge in [0.25, 0.3) is 5.91 Å². The molecule has 98 valence electrons. The van der Waals surface area contributed by atoms with E-state index in [1.165, 1.54) is 0 Å². The fourth-order valence-electron chi connectivity index (χ4n) is 2.17. The number of aromatic nitrogens is 1. The van der Waals surface area contributed by atoms with Crippen molar-refractivity contribution in [1.82, 2.24) is 15.2 Å². The molecule has 0 saturated carbocycles. The van der Waals surface area contributed by atoms with E-state index in [4.69, 9.17) is 5.73 Å². The highest BCUT2D eigenvalue weighted by Crippen LogP contribution is 2.14. The summed E-state index contributed by atoms with van der Waals surface area (Å²) in [6, 6.07) is 5.10. The first-order valence-electron chi connectivity index (χ1n) is 6.34. The number of likely N-dealkylation sites (tertiary alicyclic amines) is 1. The van der Waals surface area contributed by atoms with Crippen molar-refractivity contribution in [3.63, 3.8) is 0 Å². The van der Waals surface area contributed by atoms with Gasteiger partial charge in [0.1, 0.15) is 11.5 Å². The molecule has 1 aromatic heterocycles. The van der Waals surface area contributed by atoms with Crippen molar-refractivity contribution in [3.05, 3.63) is 23.9 Å². The second-order valence-corrected chi connectivity index (χ2v) is 4.90. The number of amides is 1. The van der Waals surface area contributed by atoms with Gasteiger partial charge in [-0.2, -0.15) is 0 Å². The lowest BCUT2D eigenvalue weighted by atomic mass is 9.97. The Labute approximate surface area is 107 Å². The van der Waals surface area contributed by atoms with Gasteiger partial charge < -0.3 is 16.0 Å². The molecule has 0 radical (unpaired) electrons. The highest BCUT2D eigenvalue weighted by atomic mass is 16.1. The molecule has 0 bridgehead atoms. The molecule has 1 saturated heterocycles. The number of nitrogens with one attached hydrogen (secondary N) is 1. The number of anilines is 1. The lowest BCUT2D eigenvalue weighted by Crippen LogP contribution is -2.37. The van der Waals surface area contributed by atoms with Gasteiger partial charge in [-0.25, -0.2) is 4.98 Å². The summed E-state index contributed by atoms with van der Waals surface area (Å²) in [6.07, 6.45) is 2.28. The van der Waals surface area contributed by atoms with Gasteiger partial charge in [0.05, 0.1) is 0 Å². The van der Waals surface area contributed by atoms with Crippen LogP contribution in [0.15, 0.2) is 18.2 Å². The van der Waals surface area contributed by atoms with Crippen LogP contribution in [0.1, 0.15) is 23.3 Å². The summed E-state index contributed by atoms with van der Waals surface area (Å²) in [4.78, 5) is 18.2. The van der Waals surface area contributed by atoms with E-state index < -0.39 is 0 Å². The molecule has 1 fully saturated rings. The summed E-state index contributed by atoms with van der Waals surface area (Å²) in [6.45, 7) is 2.94. The number of pyridine rings is 1. The molecule has 2 rings (SSSR count). The number of piperidine rings is 1. The van der Waals surface area contributed by atoms with Crippen molar-refractivity contribution in [2.45, 2.75) is 12.8 Å². The maximum absolute atomic E-state index is 11.9. The Morgan fingerprint density at radius 1 is 1.50 bits per heavy atom. The predicted octanol–water partition coefficient (Wildman–Crippen LogP) is 0.735. The summed E-state index contributed by atoms with van der Waals surface area (Å²) in [7, 11) is 2.13. The van der Waals surface area contributed by atoms with Gasteiger partial charge in [-0.15, -0.1) is 0 Å². The third-order valence-corrected chi connectivity index (χ3v) is 3.39. The Morgan fingerprint density at radius 2 is 2.22 bits per heavy atom. The molecule has 3 N–H and O–H groups in total. The minimum absolute atomic E-state index is 0.138. The van der Waals surface area contributed by atoms with Crippen LogP contribution in [0.2, 0.25) is 0 Å². The molecule has 0 spiro atoms. The SMILES string of the molecule is CN1CCC(CNC(=O)c2cccc(N)n2)CC1. The van der Waals surface area contributed by atoms with Gasteiger partial charge in [0.2, 0.25) is 0 Å². The summed E-state index contributed by atoms with van der Waals surface area (Å²) >= 11 is 0. The van der Waals surface area contributed by atoms with E-state index in [0.717, 1.165) is 32.5 Å². The second kappa shape index (κ2) is 5.82. The fourth-order valence-corrected chi connectivity index (χ4v) is 2.17. The predicted molar refractivity (Wildman–Crippen MR) is 71.2 cm³/mol. The first kappa shape index (κ1) is 12.8. The van der Waals surface area contributed by atoms with Gasteiger partial charge >= 0.3 is 0 Å². The molecule has 0 unspecified atom stereocenters. The van der Waals surface area contributed by atoms with Crippen LogP contribution in [0.4, 0.5) is 5.82 Å². The van der Waals surface area contributed by atoms with Crippen molar-refractivity contribution >= 4 is 11.7 Å². The van der Waals surface area contributed by atoms with Crippen LogP contribution in [-0.2, 0) is 0 Å². The van der Waals surface area contributed by atoms with E-state index in [0.29, 0.717) is 17.4 Å². The summed E-state index contributed by atoms with van der Waals surface area (Å²) in [5, 5.41) is 2.94. The van der Waals surface area contributed by atoms with Crippen LogP contribution in [0, 0.1) is 5.92 Å². The van der Waals surface area contributed by atoms with Crippen molar-refractivity contribution in [1.29, 1.82) is 0 Å². The topological polar surface area (TPSA) is 71.2 Å². The first-order chi connectivity index (χ1) is 8.65. The zero-order valence-electron chi connectivity index (χ0n) is 10.7. The standard InChI is InChI=1S/C13H20N4O/c1-17-7-5-10(6-8-17)9-15-13(18)11-3-2-4-12(14)16-11/h2-4,10H,5-9H2,1H3,(H2,14,16)(H,15,18). The molecule has 1 amide bonds. The maximum Gasteiger partial charge on any atom is 0.269 e. The van der Waals surface area contributed by atoms with Crippen molar-refractivity contribution in [2.24, 2.45) is 5.92 Å². The Kier molecular flexibility index (Phi) is 4.15.